The Morgan fingerprint density at radius 3 is 2.76 bits per heavy atom. The number of hydrogen-bond acceptors (Lipinski definition) is 6. The van der Waals surface area contributed by atoms with Gasteiger partial charge in [-0.15, -0.1) is 0 Å². The van der Waals surface area contributed by atoms with E-state index in [4.69, 9.17) is 18.9 Å². The molecule has 2 aromatic rings. The normalized spacial score (nSPS) is 21.0. The number of carbonyl (C=O) groups excluding carboxylic acids is 2. The third kappa shape index (κ3) is 4.48. The first-order chi connectivity index (χ1) is 16.0. The van der Waals surface area contributed by atoms with Gasteiger partial charge < -0.3 is 23.8 Å². The Kier molecular flexibility index (Phi) is 5.85. The standard InChI is InChI=1S/C25H28N2O6/c1-16-5-7-21-20(10-16)27(25(29)17(2)33-21)14-24(28)26(13-19-4-3-9-30-19)12-18-6-8-22-23(11-18)32-15-31-22/h5-8,10-11,17,19H,3-4,9,12-15H2,1-2H3/t17-,19-/m1/s1. The predicted octanol–water partition coefficient (Wildman–Crippen LogP) is 3.05. The fraction of sp³-hybridized carbons (Fsp3) is 0.440. The summed E-state index contributed by atoms with van der Waals surface area (Å²) in [6, 6.07) is 11.4. The third-order valence-corrected chi connectivity index (χ3v) is 6.23. The number of nitrogens with zero attached hydrogens (tertiary/aromatic N) is 2. The van der Waals surface area contributed by atoms with Gasteiger partial charge in [-0.3, -0.25) is 14.5 Å². The molecule has 1 saturated heterocycles. The number of aryl methyl sites for hydroxylation is 1. The first kappa shape index (κ1) is 21.6. The number of amides is 2. The van der Waals surface area contributed by atoms with Gasteiger partial charge in [-0.1, -0.05) is 12.1 Å². The minimum Gasteiger partial charge on any atom is -0.479 e. The van der Waals surface area contributed by atoms with E-state index in [0.29, 0.717) is 42.6 Å². The highest BCUT2D eigenvalue weighted by molar-refractivity contribution is 6.03. The molecule has 174 valence electrons. The first-order valence-corrected chi connectivity index (χ1v) is 11.3. The minimum atomic E-state index is -0.645. The van der Waals surface area contributed by atoms with E-state index in [0.717, 1.165) is 24.0 Å². The Hall–Kier alpha value is -3.26. The van der Waals surface area contributed by atoms with Gasteiger partial charge in [0.15, 0.2) is 17.6 Å². The van der Waals surface area contributed by atoms with Crippen LogP contribution in [0.1, 0.15) is 30.9 Å². The predicted molar refractivity (Wildman–Crippen MR) is 121 cm³/mol. The van der Waals surface area contributed by atoms with Crippen molar-refractivity contribution in [2.75, 3.05) is 31.4 Å². The number of anilines is 1. The smallest absolute Gasteiger partial charge is 0.268 e. The number of hydrogen-bond donors (Lipinski definition) is 0. The molecule has 8 heteroatoms. The molecule has 0 aromatic heterocycles. The largest absolute Gasteiger partial charge is 0.479 e. The second kappa shape index (κ2) is 8.94. The van der Waals surface area contributed by atoms with Crippen LogP contribution in [0, 0.1) is 6.92 Å². The van der Waals surface area contributed by atoms with Gasteiger partial charge >= 0.3 is 0 Å². The van der Waals surface area contributed by atoms with Crippen molar-refractivity contribution in [3.05, 3.63) is 47.5 Å². The molecule has 8 nitrogen and oxygen atoms in total. The Morgan fingerprint density at radius 1 is 1.12 bits per heavy atom. The van der Waals surface area contributed by atoms with Crippen molar-refractivity contribution in [1.82, 2.24) is 4.90 Å². The fourth-order valence-corrected chi connectivity index (χ4v) is 4.46. The highest BCUT2D eigenvalue weighted by Gasteiger charge is 2.34. The van der Waals surface area contributed by atoms with Crippen LogP contribution in [-0.2, 0) is 20.9 Å². The van der Waals surface area contributed by atoms with Gasteiger partial charge in [0.2, 0.25) is 12.7 Å². The molecule has 2 atom stereocenters. The molecule has 0 spiro atoms. The summed E-state index contributed by atoms with van der Waals surface area (Å²) in [4.78, 5) is 29.8. The van der Waals surface area contributed by atoms with Gasteiger partial charge in [-0.05, 0) is 62.1 Å². The maximum absolute atomic E-state index is 13.6. The highest BCUT2D eigenvalue weighted by Crippen LogP contribution is 2.35. The maximum atomic E-state index is 13.6. The molecule has 33 heavy (non-hydrogen) atoms. The maximum Gasteiger partial charge on any atom is 0.268 e. The summed E-state index contributed by atoms with van der Waals surface area (Å²) < 4.78 is 22.5. The second-order valence-corrected chi connectivity index (χ2v) is 8.75. The van der Waals surface area contributed by atoms with Gasteiger partial charge in [0, 0.05) is 19.7 Å². The van der Waals surface area contributed by atoms with Crippen molar-refractivity contribution in [3.8, 4) is 17.2 Å². The van der Waals surface area contributed by atoms with Crippen molar-refractivity contribution in [2.24, 2.45) is 0 Å². The summed E-state index contributed by atoms with van der Waals surface area (Å²) in [5.41, 5.74) is 2.56. The van der Waals surface area contributed by atoms with Gasteiger partial charge in [0.05, 0.1) is 11.8 Å². The zero-order valence-electron chi connectivity index (χ0n) is 18.9. The second-order valence-electron chi connectivity index (χ2n) is 8.75. The summed E-state index contributed by atoms with van der Waals surface area (Å²) in [6.45, 7) is 5.38. The Balaban J connectivity index is 1.38. The molecular weight excluding hydrogens is 424 g/mol. The summed E-state index contributed by atoms with van der Waals surface area (Å²) in [5, 5.41) is 0. The van der Waals surface area contributed by atoms with E-state index in [9.17, 15) is 9.59 Å². The van der Waals surface area contributed by atoms with E-state index in [1.54, 1.807) is 16.7 Å². The summed E-state index contributed by atoms with van der Waals surface area (Å²) in [6.07, 6.45) is 1.26. The van der Waals surface area contributed by atoms with Crippen LogP contribution in [0.2, 0.25) is 0 Å². The Bertz CT molecular complexity index is 1060. The molecule has 3 aliphatic rings. The average molecular weight is 453 g/mol. The minimum absolute atomic E-state index is 0.00296. The van der Waals surface area contributed by atoms with E-state index < -0.39 is 6.10 Å². The number of fused-ring (bicyclic) bond motifs is 2. The number of ether oxygens (including phenoxy) is 4. The fourth-order valence-electron chi connectivity index (χ4n) is 4.46. The summed E-state index contributed by atoms with van der Waals surface area (Å²) >= 11 is 0. The lowest BCUT2D eigenvalue weighted by Gasteiger charge is -2.34. The molecule has 0 aliphatic carbocycles. The molecule has 2 amide bonds. The topological polar surface area (TPSA) is 77.5 Å². The molecule has 0 N–H and O–H groups in total. The van der Waals surface area contributed by atoms with Crippen LogP contribution in [0.5, 0.6) is 17.2 Å². The van der Waals surface area contributed by atoms with E-state index in [2.05, 4.69) is 0 Å². The molecule has 1 fully saturated rings. The summed E-state index contributed by atoms with van der Waals surface area (Å²) in [5.74, 6) is 1.64. The first-order valence-electron chi connectivity index (χ1n) is 11.3. The third-order valence-electron chi connectivity index (χ3n) is 6.23. The van der Waals surface area contributed by atoms with E-state index in [1.807, 2.05) is 43.3 Å². The van der Waals surface area contributed by atoms with Gasteiger partial charge in [-0.2, -0.15) is 0 Å². The molecular formula is C25H28N2O6. The Labute approximate surface area is 193 Å². The lowest BCUT2D eigenvalue weighted by Crippen LogP contribution is -2.50. The van der Waals surface area contributed by atoms with Crippen LogP contribution in [0.3, 0.4) is 0 Å². The van der Waals surface area contributed by atoms with E-state index in [-0.39, 0.29) is 31.3 Å². The van der Waals surface area contributed by atoms with E-state index >= 15 is 0 Å². The molecule has 0 saturated carbocycles. The van der Waals surface area contributed by atoms with Crippen molar-refractivity contribution < 1.29 is 28.5 Å². The molecule has 3 heterocycles. The van der Waals surface area contributed by atoms with Crippen molar-refractivity contribution in [1.29, 1.82) is 0 Å². The average Bonchev–Trinajstić information content (AvgIpc) is 3.48. The van der Waals surface area contributed by atoms with Gasteiger partial charge in [0.1, 0.15) is 12.3 Å². The SMILES string of the molecule is Cc1ccc2c(c1)N(CC(=O)N(Cc1ccc3c(c1)OCO3)C[C@H]1CCCO1)C(=O)[C@@H](C)O2. The van der Waals surface area contributed by atoms with Crippen molar-refractivity contribution >= 4 is 17.5 Å². The van der Waals surface area contributed by atoms with Gasteiger partial charge in [-0.25, -0.2) is 0 Å². The number of carbonyl (C=O) groups is 2. The van der Waals surface area contributed by atoms with Crippen LogP contribution in [-0.4, -0.2) is 55.4 Å². The van der Waals surface area contributed by atoms with Crippen LogP contribution in [0.15, 0.2) is 36.4 Å². The molecule has 0 unspecified atom stereocenters. The Morgan fingerprint density at radius 2 is 1.94 bits per heavy atom. The molecule has 3 aliphatic heterocycles. The van der Waals surface area contributed by atoms with Crippen molar-refractivity contribution in [3.63, 3.8) is 0 Å². The van der Waals surface area contributed by atoms with Crippen molar-refractivity contribution in [2.45, 2.75) is 45.4 Å². The number of benzene rings is 2. The molecule has 5 rings (SSSR count). The van der Waals surface area contributed by atoms with Crippen LogP contribution in [0.25, 0.3) is 0 Å². The lowest BCUT2D eigenvalue weighted by molar-refractivity contribution is -0.134. The number of rotatable bonds is 6. The highest BCUT2D eigenvalue weighted by atomic mass is 16.7. The zero-order chi connectivity index (χ0) is 22.9. The quantitative estimate of drug-likeness (QED) is 0.671. The summed E-state index contributed by atoms with van der Waals surface area (Å²) in [7, 11) is 0. The van der Waals surface area contributed by atoms with Gasteiger partial charge in [0.25, 0.3) is 5.91 Å². The lowest BCUT2D eigenvalue weighted by atomic mass is 10.1. The van der Waals surface area contributed by atoms with Crippen LogP contribution in [0.4, 0.5) is 5.69 Å². The zero-order valence-corrected chi connectivity index (χ0v) is 18.9. The molecule has 2 aromatic carbocycles. The van der Waals surface area contributed by atoms with Crippen LogP contribution < -0.4 is 19.1 Å². The van der Waals surface area contributed by atoms with Crippen LogP contribution >= 0.6 is 0 Å². The molecule has 0 bridgehead atoms. The van der Waals surface area contributed by atoms with E-state index in [1.165, 1.54) is 0 Å². The monoisotopic (exact) mass is 452 g/mol. The molecule has 0 radical (unpaired) electrons.